The summed E-state index contributed by atoms with van der Waals surface area (Å²) in [5.41, 5.74) is 1.27. The zero-order valence-electron chi connectivity index (χ0n) is 14.6. The SMILES string of the molecule is CCc1ccc(S(=O)(=O)Nc2cccc(S(=O)(=O)N3CCCC3)c2)cc1. The van der Waals surface area contributed by atoms with Crippen molar-refractivity contribution in [3.8, 4) is 0 Å². The Morgan fingerprint density at radius 1 is 0.923 bits per heavy atom. The Kier molecular flexibility index (Phi) is 5.36. The van der Waals surface area contributed by atoms with Gasteiger partial charge in [-0.2, -0.15) is 4.31 Å². The van der Waals surface area contributed by atoms with Gasteiger partial charge in [0.15, 0.2) is 0 Å². The standard InChI is InChI=1S/C18H22N2O4S2/c1-2-15-8-10-17(11-9-15)25(21,22)19-16-6-5-7-18(14-16)26(23,24)20-12-3-4-13-20/h5-11,14,19H,2-4,12-13H2,1H3. The first kappa shape index (κ1) is 18.9. The molecule has 0 aliphatic carbocycles. The third-order valence-corrected chi connectivity index (χ3v) is 7.72. The van der Waals surface area contributed by atoms with Gasteiger partial charge in [0.2, 0.25) is 10.0 Å². The zero-order chi connectivity index (χ0) is 18.8. The fourth-order valence-electron chi connectivity index (χ4n) is 2.92. The molecule has 0 saturated carbocycles. The highest BCUT2D eigenvalue weighted by molar-refractivity contribution is 7.92. The molecular weight excluding hydrogens is 372 g/mol. The molecule has 1 aliphatic heterocycles. The van der Waals surface area contributed by atoms with Crippen LogP contribution in [-0.2, 0) is 26.5 Å². The van der Waals surface area contributed by atoms with Crippen LogP contribution in [0.4, 0.5) is 5.69 Å². The molecule has 0 unspecified atom stereocenters. The first-order valence-corrected chi connectivity index (χ1v) is 11.5. The number of hydrogen-bond acceptors (Lipinski definition) is 4. The maximum absolute atomic E-state index is 12.6. The van der Waals surface area contributed by atoms with Gasteiger partial charge in [-0.1, -0.05) is 25.1 Å². The van der Waals surface area contributed by atoms with Crippen molar-refractivity contribution in [1.82, 2.24) is 4.31 Å². The summed E-state index contributed by atoms with van der Waals surface area (Å²) >= 11 is 0. The van der Waals surface area contributed by atoms with Crippen molar-refractivity contribution < 1.29 is 16.8 Å². The maximum atomic E-state index is 12.6. The molecule has 1 saturated heterocycles. The van der Waals surface area contributed by atoms with Crippen molar-refractivity contribution in [1.29, 1.82) is 0 Å². The molecule has 26 heavy (non-hydrogen) atoms. The number of anilines is 1. The summed E-state index contributed by atoms with van der Waals surface area (Å²) in [5.74, 6) is 0. The molecular formula is C18H22N2O4S2. The normalized spacial score (nSPS) is 15.9. The Balaban J connectivity index is 1.86. The Morgan fingerprint density at radius 3 is 2.19 bits per heavy atom. The van der Waals surface area contributed by atoms with Crippen LogP contribution in [0.3, 0.4) is 0 Å². The minimum Gasteiger partial charge on any atom is -0.280 e. The molecule has 2 aromatic carbocycles. The van der Waals surface area contributed by atoms with Gasteiger partial charge in [-0.25, -0.2) is 16.8 Å². The topological polar surface area (TPSA) is 83.5 Å². The fraction of sp³-hybridized carbons (Fsp3) is 0.333. The quantitative estimate of drug-likeness (QED) is 0.817. The van der Waals surface area contributed by atoms with Crippen molar-refractivity contribution in [2.24, 2.45) is 0 Å². The van der Waals surface area contributed by atoms with Gasteiger partial charge in [-0.3, -0.25) is 4.72 Å². The number of sulfonamides is 2. The highest BCUT2D eigenvalue weighted by Gasteiger charge is 2.27. The van der Waals surface area contributed by atoms with Gasteiger partial charge < -0.3 is 0 Å². The number of rotatable bonds is 6. The van der Waals surface area contributed by atoms with E-state index in [4.69, 9.17) is 0 Å². The van der Waals surface area contributed by atoms with Crippen LogP contribution < -0.4 is 4.72 Å². The van der Waals surface area contributed by atoms with Crippen molar-refractivity contribution in [3.05, 3.63) is 54.1 Å². The van der Waals surface area contributed by atoms with E-state index in [1.54, 1.807) is 36.4 Å². The van der Waals surface area contributed by atoms with Crippen LogP contribution in [0, 0.1) is 0 Å². The Labute approximate surface area is 155 Å². The first-order chi connectivity index (χ1) is 12.3. The zero-order valence-corrected chi connectivity index (χ0v) is 16.2. The molecule has 1 heterocycles. The minimum atomic E-state index is -3.78. The average molecular weight is 395 g/mol. The molecule has 1 aliphatic rings. The van der Waals surface area contributed by atoms with Crippen LogP contribution in [0.1, 0.15) is 25.3 Å². The second kappa shape index (κ2) is 7.38. The van der Waals surface area contributed by atoms with Gasteiger partial charge in [0.05, 0.1) is 15.5 Å². The lowest BCUT2D eigenvalue weighted by Crippen LogP contribution is -2.27. The molecule has 3 rings (SSSR count). The van der Waals surface area contributed by atoms with E-state index in [-0.39, 0.29) is 15.5 Å². The van der Waals surface area contributed by atoms with Crippen LogP contribution in [0.5, 0.6) is 0 Å². The van der Waals surface area contributed by atoms with Crippen LogP contribution >= 0.6 is 0 Å². The molecule has 0 bridgehead atoms. The van der Waals surface area contributed by atoms with Gasteiger partial charge in [-0.05, 0) is 55.2 Å². The number of aryl methyl sites for hydroxylation is 1. The van der Waals surface area contributed by atoms with Gasteiger partial charge in [-0.15, -0.1) is 0 Å². The molecule has 8 heteroatoms. The van der Waals surface area contributed by atoms with Gasteiger partial charge in [0, 0.05) is 13.1 Å². The molecule has 6 nitrogen and oxygen atoms in total. The lowest BCUT2D eigenvalue weighted by atomic mass is 10.2. The van der Waals surface area contributed by atoms with Crippen LogP contribution in [0.15, 0.2) is 58.3 Å². The van der Waals surface area contributed by atoms with Crippen molar-refractivity contribution in [2.75, 3.05) is 17.8 Å². The average Bonchev–Trinajstić information content (AvgIpc) is 3.17. The summed E-state index contributed by atoms with van der Waals surface area (Å²) < 4.78 is 54.3. The third kappa shape index (κ3) is 3.92. The molecule has 2 aromatic rings. The van der Waals surface area contributed by atoms with E-state index in [0.717, 1.165) is 24.8 Å². The summed E-state index contributed by atoms with van der Waals surface area (Å²) in [6.45, 7) is 3.00. The van der Waals surface area contributed by atoms with E-state index in [9.17, 15) is 16.8 Å². The monoisotopic (exact) mass is 394 g/mol. The van der Waals surface area contributed by atoms with Crippen LogP contribution in [-0.4, -0.2) is 34.2 Å². The van der Waals surface area contributed by atoms with Crippen molar-refractivity contribution in [2.45, 2.75) is 36.0 Å². The molecule has 0 spiro atoms. The minimum absolute atomic E-state index is 0.0981. The molecule has 1 fully saturated rings. The Morgan fingerprint density at radius 2 is 1.58 bits per heavy atom. The first-order valence-electron chi connectivity index (χ1n) is 8.55. The molecule has 0 amide bonds. The molecule has 1 N–H and O–H groups in total. The highest BCUT2D eigenvalue weighted by atomic mass is 32.2. The number of hydrogen-bond donors (Lipinski definition) is 1. The predicted octanol–water partition coefficient (Wildman–Crippen LogP) is 2.83. The predicted molar refractivity (Wildman–Crippen MR) is 101 cm³/mol. The molecule has 0 radical (unpaired) electrons. The van der Waals surface area contributed by atoms with Crippen LogP contribution in [0.25, 0.3) is 0 Å². The highest BCUT2D eigenvalue weighted by Crippen LogP contribution is 2.24. The molecule has 0 aromatic heterocycles. The smallest absolute Gasteiger partial charge is 0.261 e. The number of nitrogens with one attached hydrogen (secondary N) is 1. The van der Waals surface area contributed by atoms with E-state index in [2.05, 4.69) is 4.72 Å². The van der Waals surface area contributed by atoms with Gasteiger partial charge in [0.25, 0.3) is 10.0 Å². The fourth-order valence-corrected chi connectivity index (χ4v) is 5.53. The summed E-state index contributed by atoms with van der Waals surface area (Å²) in [6.07, 6.45) is 2.52. The van der Waals surface area contributed by atoms with E-state index in [1.807, 2.05) is 6.92 Å². The van der Waals surface area contributed by atoms with Gasteiger partial charge >= 0.3 is 0 Å². The Hall–Kier alpha value is -1.90. The molecule has 140 valence electrons. The number of benzene rings is 2. The van der Waals surface area contributed by atoms with Gasteiger partial charge in [0.1, 0.15) is 0 Å². The number of nitrogens with zero attached hydrogens (tertiary/aromatic N) is 1. The van der Waals surface area contributed by atoms with Crippen molar-refractivity contribution in [3.63, 3.8) is 0 Å². The lowest BCUT2D eigenvalue weighted by Gasteiger charge is -2.16. The Bertz CT molecular complexity index is 978. The van der Waals surface area contributed by atoms with Crippen LogP contribution in [0.2, 0.25) is 0 Å². The van der Waals surface area contributed by atoms with E-state index in [0.29, 0.717) is 13.1 Å². The second-order valence-electron chi connectivity index (χ2n) is 6.24. The summed E-state index contributed by atoms with van der Waals surface area (Å²) in [6, 6.07) is 12.6. The van der Waals surface area contributed by atoms with Crippen molar-refractivity contribution >= 4 is 25.7 Å². The summed E-state index contributed by atoms with van der Waals surface area (Å²) in [7, 11) is -7.37. The molecule has 0 atom stereocenters. The second-order valence-corrected chi connectivity index (χ2v) is 9.86. The lowest BCUT2D eigenvalue weighted by molar-refractivity contribution is 0.477. The largest absolute Gasteiger partial charge is 0.280 e. The van der Waals surface area contributed by atoms with E-state index < -0.39 is 20.0 Å². The van der Waals surface area contributed by atoms with E-state index in [1.165, 1.54) is 16.4 Å². The maximum Gasteiger partial charge on any atom is 0.261 e. The summed E-state index contributed by atoms with van der Waals surface area (Å²) in [5, 5.41) is 0. The summed E-state index contributed by atoms with van der Waals surface area (Å²) in [4.78, 5) is 0.239. The van der Waals surface area contributed by atoms with E-state index >= 15 is 0 Å². The third-order valence-electron chi connectivity index (χ3n) is 4.43.